The molecule has 3 aromatic rings. The zero-order chi connectivity index (χ0) is 24.6. The second kappa shape index (κ2) is 9.44. The van der Waals surface area contributed by atoms with Crippen molar-refractivity contribution in [3.63, 3.8) is 0 Å². The lowest BCUT2D eigenvalue weighted by atomic mass is 9.87. The standard InChI is InChI=1S/C26H29N5O5/c1-30(14-18-15-31(26(32)36-18)17-3-5-21-22(11-17)35-10-9-34-21)25(16-12-27-13-16)19-7-8-28-20-4-6-23(33-2)29-24(19)20/h3-8,11,16,18,25,27H,9-10,12-15H2,1-2H3. The van der Waals surface area contributed by atoms with Crippen LogP contribution in [0.15, 0.2) is 42.6 Å². The Kier molecular flexibility index (Phi) is 5.98. The Labute approximate surface area is 209 Å². The molecule has 2 fully saturated rings. The van der Waals surface area contributed by atoms with Crippen LogP contribution in [0.3, 0.4) is 0 Å². The number of pyridine rings is 2. The van der Waals surface area contributed by atoms with Gasteiger partial charge in [-0.1, -0.05) is 0 Å². The molecule has 1 aromatic carbocycles. The monoisotopic (exact) mass is 491 g/mol. The number of ether oxygens (including phenoxy) is 4. The van der Waals surface area contributed by atoms with Crippen LogP contribution in [0.1, 0.15) is 11.6 Å². The number of carbonyl (C=O) groups excluding carboxylic acids is 1. The average Bonchev–Trinajstić information content (AvgIpc) is 3.24. The molecule has 10 nitrogen and oxygen atoms in total. The van der Waals surface area contributed by atoms with E-state index in [9.17, 15) is 4.79 Å². The molecule has 6 rings (SSSR count). The molecular weight excluding hydrogens is 462 g/mol. The number of amides is 1. The number of likely N-dealkylation sites (N-methyl/N-ethyl adjacent to an activating group) is 1. The van der Waals surface area contributed by atoms with Crippen LogP contribution in [0, 0.1) is 5.92 Å². The maximum Gasteiger partial charge on any atom is 0.414 e. The highest BCUT2D eigenvalue weighted by atomic mass is 16.6. The molecule has 1 amide bonds. The van der Waals surface area contributed by atoms with Crippen LogP contribution < -0.4 is 24.4 Å². The van der Waals surface area contributed by atoms with E-state index in [2.05, 4.69) is 22.2 Å². The number of aromatic nitrogens is 2. The number of hydrogen-bond acceptors (Lipinski definition) is 9. The number of hydrogen-bond donors (Lipinski definition) is 1. The van der Waals surface area contributed by atoms with E-state index >= 15 is 0 Å². The Bertz CT molecular complexity index is 1280. The molecule has 0 radical (unpaired) electrons. The topological polar surface area (TPSA) is 98.3 Å². The van der Waals surface area contributed by atoms with Gasteiger partial charge in [-0.15, -0.1) is 0 Å². The van der Waals surface area contributed by atoms with Gasteiger partial charge in [-0.3, -0.25) is 14.8 Å². The molecule has 0 bridgehead atoms. The zero-order valence-electron chi connectivity index (χ0n) is 20.3. The molecule has 0 aliphatic carbocycles. The predicted octanol–water partition coefficient (Wildman–Crippen LogP) is 2.63. The van der Waals surface area contributed by atoms with Gasteiger partial charge in [0.05, 0.1) is 30.4 Å². The van der Waals surface area contributed by atoms with E-state index in [1.807, 2.05) is 42.6 Å². The van der Waals surface area contributed by atoms with Crippen molar-refractivity contribution in [2.75, 3.05) is 58.5 Å². The summed E-state index contributed by atoms with van der Waals surface area (Å²) in [5, 5.41) is 3.39. The van der Waals surface area contributed by atoms with Gasteiger partial charge in [0.2, 0.25) is 5.88 Å². The molecule has 2 unspecified atom stereocenters. The first-order valence-electron chi connectivity index (χ1n) is 12.2. The van der Waals surface area contributed by atoms with E-state index in [4.69, 9.17) is 23.9 Å². The summed E-state index contributed by atoms with van der Waals surface area (Å²) in [4.78, 5) is 25.9. The normalized spacial score (nSPS) is 20.4. The van der Waals surface area contributed by atoms with Gasteiger partial charge in [0.1, 0.15) is 19.3 Å². The first-order chi connectivity index (χ1) is 17.6. The fourth-order valence-electron chi connectivity index (χ4n) is 5.23. The second-order valence-corrected chi connectivity index (χ2v) is 9.37. The van der Waals surface area contributed by atoms with Gasteiger partial charge in [-0.25, -0.2) is 9.78 Å². The van der Waals surface area contributed by atoms with Crippen LogP contribution in [-0.2, 0) is 4.74 Å². The van der Waals surface area contributed by atoms with Crippen molar-refractivity contribution in [3.8, 4) is 17.4 Å². The van der Waals surface area contributed by atoms with E-state index < -0.39 is 0 Å². The van der Waals surface area contributed by atoms with Crippen LogP contribution in [0.4, 0.5) is 10.5 Å². The van der Waals surface area contributed by atoms with E-state index in [1.165, 1.54) is 0 Å². The second-order valence-electron chi connectivity index (χ2n) is 9.37. The molecule has 3 aliphatic rings. The number of anilines is 1. The van der Waals surface area contributed by atoms with Gasteiger partial charge in [0, 0.05) is 49.9 Å². The fraction of sp³-hybridized carbons (Fsp3) is 0.423. The lowest BCUT2D eigenvalue weighted by Crippen LogP contribution is -2.50. The molecule has 188 valence electrons. The molecule has 0 saturated carbocycles. The minimum absolute atomic E-state index is 0.0819. The highest BCUT2D eigenvalue weighted by molar-refractivity contribution is 5.90. The van der Waals surface area contributed by atoms with Gasteiger partial charge in [-0.05, 0) is 36.9 Å². The highest BCUT2D eigenvalue weighted by Crippen LogP contribution is 2.37. The van der Waals surface area contributed by atoms with Gasteiger partial charge in [0.15, 0.2) is 11.5 Å². The zero-order valence-corrected chi connectivity index (χ0v) is 20.3. The van der Waals surface area contributed by atoms with Crippen molar-refractivity contribution < 1.29 is 23.7 Å². The molecule has 2 saturated heterocycles. The first kappa shape index (κ1) is 22.8. The van der Waals surface area contributed by atoms with E-state index in [-0.39, 0.29) is 18.2 Å². The SMILES string of the molecule is COc1ccc2nccc(C(C3CNC3)N(C)CC3CN(c4ccc5c(c4)OCCO5)C(=O)O3)c2n1. The van der Waals surface area contributed by atoms with Crippen LogP contribution in [0.2, 0.25) is 0 Å². The molecule has 2 atom stereocenters. The van der Waals surface area contributed by atoms with Crippen LogP contribution in [0.5, 0.6) is 17.4 Å². The molecule has 36 heavy (non-hydrogen) atoms. The van der Waals surface area contributed by atoms with Crippen molar-refractivity contribution in [2.24, 2.45) is 5.92 Å². The number of rotatable bonds is 7. The number of fused-ring (bicyclic) bond motifs is 2. The Morgan fingerprint density at radius 1 is 1.17 bits per heavy atom. The largest absolute Gasteiger partial charge is 0.486 e. The van der Waals surface area contributed by atoms with Crippen molar-refractivity contribution in [3.05, 3.63) is 48.2 Å². The van der Waals surface area contributed by atoms with Crippen molar-refractivity contribution in [1.82, 2.24) is 20.2 Å². The summed E-state index contributed by atoms with van der Waals surface area (Å²) < 4.78 is 22.5. The molecular formula is C26H29N5O5. The summed E-state index contributed by atoms with van der Waals surface area (Å²) in [5.41, 5.74) is 3.50. The molecule has 1 N–H and O–H groups in total. The third-order valence-corrected chi connectivity index (χ3v) is 7.05. The minimum Gasteiger partial charge on any atom is -0.486 e. The Balaban J connectivity index is 1.23. The smallest absolute Gasteiger partial charge is 0.414 e. The van der Waals surface area contributed by atoms with Gasteiger partial charge >= 0.3 is 6.09 Å². The van der Waals surface area contributed by atoms with Gasteiger partial charge in [-0.2, -0.15) is 0 Å². The number of carbonyl (C=O) groups is 1. The number of nitrogens with one attached hydrogen (secondary N) is 1. The number of methoxy groups -OCH3 is 1. The summed E-state index contributed by atoms with van der Waals surface area (Å²) >= 11 is 0. The number of cyclic esters (lactones) is 1. The molecule has 0 spiro atoms. The number of benzene rings is 1. The van der Waals surface area contributed by atoms with Crippen molar-refractivity contribution in [1.29, 1.82) is 0 Å². The summed E-state index contributed by atoms with van der Waals surface area (Å²) in [6.45, 7) is 3.89. The van der Waals surface area contributed by atoms with E-state index in [0.717, 1.165) is 35.4 Å². The van der Waals surface area contributed by atoms with Crippen LogP contribution in [-0.4, -0.2) is 80.6 Å². The lowest BCUT2D eigenvalue weighted by Gasteiger charge is -2.41. The average molecular weight is 492 g/mol. The van der Waals surface area contributed by atoms with Crippen molar-refractivity contribution in [2.45, 2.75) is 12.1 Å². The molecule has 5 heterocycles. The quantitative estimate of drug-likeness (QED) is 0.535. The summed E-state index contributed by atoms with van der Waals surface area (Å²) in [6, 6.07) is 11.4. The Morgan fingerprint density at radius 2 is 2.00 bits per heavy atom. The number of nitrogens with zero attached hydrogens (tertiary/aromatic N) is 4. The van der Waals surface area contributed by atoms with E-state index in [0.29, 0.717) is 49.6 Å². The maximum absolute atomic E-state index is 12.8. The fourth-order valence-corrected chi connectivity index (χ4v) is 5.23. The van der Waals surface area contributed by atoms with Crippen LogP contribution in [0.25, 0.3) is 11.0 Å². The Morgan fingerprint density at radius 3 is 2.78 bits per heavy atom. The minimum atomic E-state index is -0.354. The van der Waals surface area contributed by atoms with Gasteiger partial charge in [0.25, 0.3) is 0 Å². The third-order valence-electron chi connectivity index (χ3n) is 7.05. The van der Waals surface area contributed by atoms with Crippen LogP contribution >= 0.6 is 0 Å². The first-order valence-corrected chi connectivity index (χ1v) is 12.2. The highest BCUT2D eigenvalue weighted by Gasteiger charge is 2.38. The lowest BCUT2D eigenvalue weighted by molar-refractivity contribution is 0.0751. The summed E-state index contributed by atoms with van der Waals surface area (Å²) in [5.74, 6) is 2.31. The molecule has 10 heteroatoms. The summed E-state index contributed by atoms with van der Waals surface area (Å²) in [7, 11) is 3.70. The Hall–Kier alpha value is -3.63. The van der Waals surface area contributed by atoms with E-state index in [1.54, 1.807) is 12.0 Å². The summed E-state index contributed by atoms with van der Waals surface area (Å²) in [6.07, 6.45) is 1.20. The molecule has 2 aromatic heterocycles. The van der Waals surface area contributed by atoms with Crippen molar-refractivity contribution >= 4 is 22.8 Å². The predicted molar refractivity (Wildman–Crippen MR) is 133 cm³/mol. The molecule has 3 aliphatic heterocycles. The van der Waals surface area contributed by atoms with Gasteiger partial charge < -0.3 is 24.3 Å². The third kappa shape index (κ3) is 4.16. The maximum atomic E-state index is 12.8.